The molecule has 1 aromatic carbocycles. The SMILES string of the molecule is COc1ccc(C2=C[C@H](c3ccco3)n3nc(CCCO)nc3N2)cc1OC. The van der Waals surface area contributed by atoms with Crippen molar-refractivity contribution in [3.8, 4) is 11.5 Å². The van der Waals surface area contributed by atoms with Crippen LogP contribution in [0.1, 0.15) is 29.6 Å². The number of furan rings is 1. The van der Waals surface area contributed by atoms with Gasteiger partial charge in [0.1, 0.15) is 11.8 Å². The quantitative estimate of drug-likeness (QED) is 0.649. The molecule has 3 aromatic rings. The predicted octanol–water partition coefficient (Wildman–Crippen LogP) is 2.87. The molecule has 0 amide bonds. The first-order chi connectivity index (χ1) is 13.7. The molecule has 0 saturated carbocycles. The van der Waals surface area contributed by atoms with Gasteiger partial charge in [-0.2, -0.15) is 10.1 Å². The maximum Gasteiger partial charge on any atom is 0.226 e. The maximum absolute atomic E-state index is 9.09. The summed E-state index contributed by atoms with van der Waals surface area (Å²) < 4.78 is 18.2. The van der Waals surface area contributed by atoms with Crippen LogP contribution in [0.4, 0.5) is 5.95 Å². The van der Waals surface area contributed by atoms with Gasteiger partial charge >= 0.3 is 0 Å². The Morgan fingerprint density at radius 2 is 2.07 bits per heavy atom. The summed E-state index contributed by atoms with van der Waals surface area (Å²) in [4.78, 5) is 4.59. The highest BCUT2D eigenvalue weighted by atomic mass is 16.5. The van der Waals surface area contributed by atoms with E-state index in [1.165, 1.54) is 0 Å². The van der Waals surface area contributed by atoms with Crippen LogP contribution < -0.4 is 14.8 Å². The third-order valence-electron chi connectivity index (χ3n) is 4.60. The van der Waals surface area contributed by atoms with Gasteiger partial charge in [-0.25, -0.2) is 4.68 Å². The summed E-state index contributed by atoms with van der Waals surface area (Å²) in [6, 6.07) is 9.27. The second-order valence-corrected chi connectivity index (χ2v) is 6.36. The van der Waals surface area contributed by atoms with Crippen LogP contribution in [-0.2, 0) is 6.42 Å². The highest BCUT2D eigenvalue weighted by Crippen LogP contribution is 2.36. The van der Waals surface area contributed by atoms with Crippen molar-refractivity contribution >= 4 is 11.6 Å². The van der Waals surface area contributed by atoms with Crippen LogP contribution in [0.2, 0.25) is 0 Å². The Morgan fingerprint density at radius 3 is 2.79 bits per heavy atom. The number of allylic oxidation sites excluding steroid dienone is 1. The third kappa shape index (κ3) is 3.34. The Hall–Kier alpha value is -3.26. The molecule has 1 atom stereocenters. The van der Waals surface area contributed by atoms with Gasteiger partial charge in [0, 0.05) is 24.3 Å². The highest BCUT2D eigenvalue weighted by Gasteiger charge is 2.27. The van der Waals surface area contributed by atoms with Crippen LogP contribution in [0.3, 0.4) is 0 Å². The fourth-order valence-electron chi connectivity index (χ4n) is 3.21. The van der Waals surface area contributed by atoms with Gasteiger partial charge in [-0.05, 0) is 42.8 Å². The molecule has 8 nitrogen and oxygen atoms in total. The lowest BCUT2D eigenvalue weighted by Gasteiger charge is -2.23. The highest BCUT2D eigenvalue weighted by molar-refractivity contribution is 5.78. The number of anilines is 1. The van der Waals surface area contributed by atoms with E-state index >= 15 is 0 Å². The van der Waals surface area contributed by atoms with E-state index in [1.807, 2.05) is 36.4 Å². The molecule has 0 saturated heterocycles. The zero-order valence-corrected chi connectivity index (χ0v) is 15.8. The van der Waals surface area contributed by atoms with Crippen molar-refractivity contribution in [1.82, 2.24) is 14.8 Å². The molecule has 1 aliphatic heterocycles. The van der Waals surface area contributed by atoms with Gasteiger partial charge in [0.05, 0.1) is 20.5 Å². The molecule has 0 aliphatic carbocycles. The van der Waals surface area contributed by atoms with Crippen molar-refractivity contribution in [2.75, 3.05) is 26.1 Å². The van der Waals surface area contributed by atoms with Crippen molar-refractivity contribution in [3.05, 3.63) is 59.8 Å². The first kappa shape index (κ1) is 18.1. The van der Waals surface area contributed by atoms with Gasteiger partial charge in [0.25, 0.3) is 0 Å². The molecule has 0 fully saturated rings. The number of hydrogen-bond acceptors (Lipinski definition) is 7. The van der Waals surface area contributed by atoms with E-state index in [1.54, 1.807) is 25.2 Å². The first-order valence-electron chi connectivity index (χ1n) is 9.04. The summed E-state index contributed by atoms with van der Waals surface area (Å²) in [6.45, 7) is 0.105. The van der Waals surface area contributed by atoms with Crippen LogP contribution in [0.5, 0.6) is 11.5 Å². The van der Waals surface area contributed by atoms with E-state index in [-0.39, 0.29) is 12.6 Å². The lowest BCUT2D eigenvalue weighted by molar-refractivity contribution is 0.287. The molecule has 3 heterocycles. The minimum atomic E-state index is -0.232. The molecule has 0 bridgehead atoms. The van der Waals surface area contributed by atoms with Gasteiger partial charge in [0.2, 0.25) is 5.95 Å². The summed E-state index contributed by atoms with van der Waals surface area (Å²) in [6.07, 6.45) is 4.90. The smallest absolute Gasteiger partial charge is 0.226 e. The van der Waals surface area contributed by atoms with E-state index in [4.69, 9.17) is 19.0 Å². The number of aromatic nitrogens is 3. The van der Waals surface area contributed by atoms with Gasteiger partial charge in [-0.1, -0.05) is 0 Å². The second-order valence-electron chi connectivity index (χ2n) is 6.36. The fraction of sp³-hybridized carbons (Fsp3) is 0.300. The van der Waals surface area contributed by atoms with Crippen molar-refractivity contribution in [3.63, 3.8) is 0 Å². The zero-order chi connectivity index (χ0) is 19.5. The molecule has 28 heavy (non-hydrogen) atoms. The Labute approximate surface area is 162 Å². The molecular formula is C20H22N4O4. The van der Waals surface area contributed by atoms with Crippen molar-refractivity contribution in [2.45, 2.75) is 18.9 Å². The Morgan fingerprint density at radius 1 is 1.21 bits per heavy atom. The number of rotatable bonds is 7. The number of methoxy groups -OCH3 is 2. The van der Waals surface area contributed by atoms with Crippen molar-refractivity contribution < 1.29 is 19.0 Å². The van der Waals surface area contributed by atoms with Crippen LogP contribution >= 0.6 is 0 Å². The minimum absolute atomic E-state index is 0.105. The number of benzene rings is 1. The number of aliphatic hydroxyl groups excluding tert-OH is 1. The Kier molecular flexibility index (Phi) is 5.03. The lowest BCUT2D eigenvalue weighted by atomic mass is 10.1. The normalized spacial score (nSPS) is 15.5. The topological polar surface area (TPSA) is 94.6 Å². The van der Waals surface area contributed by atoms with Gasteiger partial charge in [-0.15, -0.1) is 0 Å². The molecule has 2 N–H and O–H groups in total. The van der Waals surface area contributed by atoms with Gasteiger partial charge in [0.15, 0.2) is 17.3 Å². The number of nitrogens with zero attached hydrogens (tertiary/aromatic N) is 3. The van der Waals surface area contributed by atoms with Crippen LogP contribution in [0, 0.1) is 0 Å². The summed E-state index contributed by atoms with van der Waals surface area (Å²) >= 11 is 0. The number of ether oxygens (including phenoxy) is 2. The van der Waals surface area contributed by atoms with E-state index in [9.17, 15) is 0 Å². The van der Waals surface area contributed by atoms with E-state index in [0.717, 1.165) is 17.0 Å². The molecular weight excluding hydrogens is 360 g/mol. The molecule has 8 heteroatoms. The summed E-state index contributed by atoms with van der Waals surface area (Å²) in [5.74, 6) is 3.38. The second kappa shape index (κ2) is 7.77. The van der Waals surface area contributed by atoms with Gasteiger partial charge in [-0.3, -0.25) is 0 Å². The molecule has 1 aliphatic rings. The summed E-state index contributed by atoms with van der Waals surface area (Å²) in [5, 5.41) is 17.0. The van der Waals surface area contributed by atoms with Gasteiger partial charge < -0.3 is 24.3 Å². The third-order valence-corrected chi connectivity index (χ3v) is 4.60. The largest absolute Gasteiger partial charge is 0.493 e. The van der Waals surface area contributed by atoms with Crippen molar-refractivity contribution in [2.24, 2.45) is 0 Å². The van der Waals surface area contributed by atoms with Crippen LogP contribution in [0.15, 0.2) is 47.1 Å². The van der Waals surface area contributed by atoms with E-state index < -0.39 is 0 Å². The number of fused-ring (bicyclic) bond motifs is 1. The summed E-state index contributed by atoms with van der Waals surface area (Å²) in [5.41, 5.74) is 1.80. The predicted molar refractivity (Wildman–Crippen MR) is 103 cm³/mol. The number of aryl methyl sites for hydroxylation is 1. The lowest BCUT2D eigenvalue weighted by Crippen LogP contribution is -2.20. The monoisotopic (exact) mass is 382 g/mol. The number of nitrogens with one attached hydrogen (secondary N) is 1. The fourth-order valence-corrected chi connectivity index (χ4v) is 3.21. The number of aliphatic hydroxyl groups is 1. The van der Waals surface area contributed by atoms with Crippen LogP contribution in [-0.4, -0.2) is 40.7 Å². The average molecular weight is 382 g/mol. The molecule has 2 aromatic heterocycles. The Balaban J connectivity index is 1.74. The maximum atomic E-state index is 9.09. The zero-order valence-electron chi connectivity index (χ0n) is 15.8. The Bertz CT molecular complexity index is 978. The molecule has 0 spiro atoms. The minimum Gasteiger partial charge on any atom is -0.493 e. The molecule has 4 rings (SSSR count). The molecule has 0 unspecified atom stereocenters. The summed E-state index contributed by atoms with van der Waals surface area (Å²) in [7, 11) is 3.22. The first-order valence-corrected chi connectivity index (χ1v) is 9.04. The van der Waals surface area contributed by atoms with Crippen molar-refractivity contribution in [1.29, 1.82) is 0 Å². The van der Waals surface area contributed by atoms with E-state index in [2.05, 4.69) is 15.4 Å². The number of hydrogen-bond donors (Lipinski definition) is 2. The van der Waals surface area contributed by atoms with Crippen LogP contribution in [0.25, 0.3) is 5.70 Å². The standard InChI is InChI=1S/C20H22N4O4/c1-26-17-8-7-13(11-18(17)27-2)14-12-15(16-5-4-10-28-16)24-20(21-14)22-19(23-24)6-3-9-25/h4-5,7-8,10-12,15,25H,3,6,9H2,1-2H3,(H,21,22,23)/t15-/m1/s1. The average Bonchev–Trinajstić information content (AvgIpc) is 3.40. The van der Waals surface area contributed by atoms with E-state index in [0.29, 0.717) is 36.1 Å². The molecule has 0 radical (unpaired) electrons. The molecule has 146 valence electrons.